The first kappa shape index (κ1) is 15.5. The van der Waals surface area contributed by atoms with Crippen molar-refractivity contribution in [3.8, 4) is 5.75 Å². The van der Waals surface area contributed by atoms with Crippen LogP contribution in [0.1, 0.15) is 12.5 Å². The van der Waals surface area contributed by atoms with Gasteiger partial charge in [0, 0.05) is 18.1 Å². The Labute approximate surface area is 129 Å². The summed E-state index contributed by atoms with van der Waals surface area (Å²) in [5.74, 6) is 0.613. The summed E-state index contributed by atoms with van der Waals surface area (Å²) < 4.78 is 11.5. The molecule has 1 aromatic rings. The van der Waals surface area contributed by atoms with Gasteiger partial charge in [-0.3, -0.25) is 4.90 Å². The van der Waals surface area contributed by atoms with E-state index in [4.69, 9.17) is 39.0 Å². The van der Waals surface area contributed by atoms with E-state index in [0.29, 0.717) is 27.9 Å². The van der Waals surface area contributed by atoms with Gasteiger partial charge in [-0.25, -0.2) is 0 Å². The van der Waals surface area contributed by atoms with Crippen molar-refractivity contribution >= 4 is 28.8 Å². The zero-order valence-electron chi connectivity index (χ0n) is 11.5. The zero-order chi connectivity index (χ0) is 14.5. The molecule has 4 nitrogen and oxygen atoms in total. The normalized spacial score (nSPS) is 19.8. The summed E-state index contributed by atoms with van der Waals surface area (Å²) in [6, 6.07) is 5.26. The number of hydrogen-bond donors (Lipinski definition) is 1. The Morgan fingerprint density at radius 1 is 1.60 bits per heavy atom. The first-order valence-electron chi connectivity index (χ1n) is 6.66. The molecule has 0 aromatic heterocycles. The summed E-state index contributed by atoms with van der Waals surface area (Å²) in [5, 5.41) is 0.597. The van der Waals surface area contributed by atoms with Crippen LogP contribution in [0.25, 0.3) is 0 Å². The second-order valence-electron chi connectivity index (χ2n) is 4.70. The van der Waals surface area contributed by atoms with Gasteiger partial charge in [0.2, 0.25) is 0 Å². The molecule has 0 amide bonds. The standard InChI is InChI=1S/C14H19ClN2O2S/c1-2-17-5-6-18-11(8-17)9-19-13-7-10(15)3-4-12(13)14(16)20/h3-4,7,11H,2,5-6,8-9H2,1H3,(H2,16,20). The lowest BCUT2D eigenvalue weighted by molar-refractivity contribution is -0.0464. The highest BCUT2D eigenvalue weighted by atomic mass is 35.5. The predicted molar refractivity (Wildman–Crippen MR) is 84.7 cm³/mol. The van der Waals surface area contributed by atoms with Crippen LogP contribution in [0.2, 0.25) is 5.02 Å². The molecule has 0 radical (unpaired) electrons. The van der Waals surface area contributed by atoms with Crippen LogP contribution in [-0.4, -0.2) is 48.8 Å². The van der Waals surface area contributed by atoms with Crippen molar-refractivity contribution in [3.05, 3.63) is 28.8 Å². The maximum Gasteiger partial charge on any atom is 0.131 e. The Hall–Kier alpha value is -0.880. The minimum atomic E-state index is 0.0573. The van der Waals surface area contributed by atoms with E-state index in [1.165, 1.54) is 0 Å². The van der Waals surface area contributed by atoms with Gasteiger partial charge in [0.25, 0.3) is 0 Å². The molecule has 6 heteroatoms. The molecule has 0 spiro atoms. The molecule has 1 fully saturated rings. The molecule has 2 rings (SSSR count). The summed E-state index contributed by atoms with van der Waals surface area (Å²) in [6.45, 7) is 6.22. The van der Waals surface area contributed by atoms with E-state index >= 15 is 0 Å². The largest absolute Gasteiger partial charge is 0.490 e. The second kappa shape index (κ2) is 7.22. The molecular formula is C14H19ClN2O2S. The highest BCUT2D eigenvalue weighted by molar-refractivity contribution is 7.80. The number of likely N-dealkylation sites (N-methyl/N-ethyl adjacent to an activating group) is 1. The molecule has 1 unspecified atom stereocenters. The van der Waals surface area contributed by atoms with Crippen molar-refractivity contribution in [1.82, 2.24) is 4.90 Å². The van der Waals surface area contributed by atoms with Crippen LogP contribution in [0, 0.1) is 0 Å². The maximum absolute atomic E-state index is 5.99. The smallest absolute Gasteiger partial charge is 0.131 e. The monoisotopic (exact) mass is 314 g/mol. The molecule has 2 N–H and O–H groups in total. The molecule has 1 saturated heterocycles. The average Bonchev–Trinajstić information content (AvgIpc) is 2.45. The summed E-state index contributed by atoms with van der Waals surface area (Å²) in [6.07, 6.45) is 0.0573. The molecule has 1 atom stereocenters. The Morgan fingerprint density at radius 2 is 2.40 bits per heavy atom. The van der Waals surface area contributed by atoms with Gasteiger partial charge in [-0.2, -0.15) is 0 Å². The van der Waals surface area contributed by atoms with Crippen molar-refractivity contribution in [2.45, 2.75) is 13.0 Å². The Morgan fingerprint density at radius 3 is 3.10 bits per heavy atom. The highest BCUT2D eigenvalue weighted by Crippen LogP contribution is 2.24. The fourth-order valence-electron chi connectivity index (χ4n) is 2.17. The van der Waals surface area contributed by atoms with Crippen LogP contribution < -0.4 is 10.5 Å². The number of ether oxygens (including phenoxy) is 2. The molecule has 110 valence electrons. The van der Waals surface area contributed by atoms with Crippen LogP contribution in [0.4, 0.5) is 0 Å². The number of hydrogen-bond acceptors (Lipinski definition) is 4. The summed E-state index contributed by atoms with van der Waals surface area (Å²) in [7, 11) is 0. The van der Waals surface area contributed by atoms with Crippen LogP contribution >= 0.6 is 23.8 Å². The van der Waals surface area contributed by atoms with Crippen LogP contribution in [0.5, 0.6) is 5.75 Å². The number of nitrogens with two attached hydrogens (primary N) is 1. The molecule has 0 saturated carbocycles. The van der Waals surface area contributed by atoms with Gasteiger partial charge in [0.1, 0.15) is 23.4 Å². The van der Waals surface area contributed by atoms with E-state index in [-0.39, 0.29) is 6.10 Å². The number of morpholine rings is 1. The molecule has 0 bridgehead atoms. The number of nitrogens with zero attached hydrogens (tertiary/aromatic N) is 1. The lowest BCUT2D eigenvalue weighted by Gasteiger charge is -2.32. The van der Waals surface area contributed by atoms with Gasteiger partial charge < -0.3 is 15.2 Å². The van der Waals surface area contributed by atoms with Gasteiger partial charge in [0.05, 0.1) is 12.2 Å². The van der Waals surface area contributed by atoms with Crippen molar-refractivity contribution in [2.75, 3.05) is 32.8 Å². The van der Waals surface area contributed by atoms with Crippen molar-refractivity contribution in [1.29, 1.82) is 0 Å². The van der Waals surface area contributed by atoms with Crippen LogP contribution in [-0.2, 0) is 4.74 Å². The first-order valence-corrected chi connectivity index (χ1v) is 7.45. The fraction of sp³-hybridized carbons (Fsp3) is 0.500. The van der Waals surface area contributed by atoms with Crippen LogP contribution in [0.15, 0.2) is 18.2 Å². The Balaban J connectivity index is 1.99. The van der Waals surface area contributed by atoms with Gasteiger partial charge >= 0.3 is 0 Å². The van der Waals surface area contributed by atoms with E-state index in [1.807, 2.05) is 0 Å². The summed E-state index contributed by atoms with van der Waals surface area (Å²) >= 11 is 11.0. The summed E-state index contributed by atoms with van der Waals surface area (Å²) in [5.41, 5.74) is 6.39. The maximum atomic E-state index is 5.99. The third-order valence-corrected chi connectivity index (χ3v) is 3.76. The number of rotatable bonds is 5. The van der Waals surface area contributed by atoms with E-state index < -0.39 is 0 Å². The van der Waals surface area contributed by atoms with Gasteiger partial charge in [-0.05, 0) is 24.7 Å². The van der Waals surface area contributed by atoms with E-state index in [0.717, 1.165) is 26.2 Å². The zero-order valence-corrected chi connectivity index (χ0v) is 13.0. The average molecular weight is 315 g/mol. The molecular weight excluding hydrogens is 296 g/mol. The van der Waals surface area contributed by atoms with Crippen molar-refractivity contribution in [2.24, 2.45) is 5.73 Å². The van der Waals surface area contributed by atoms with Gasteiger partial charge in [-0.1, -0.05) is 30.7 Å². The molecule has 0 aliphatic carbocycles. The number of thiocarbonyl (C=S) groups is 1. The highest BCUT2D eigenvalue weighted by Gasteiger charge is 2.20. The van der Waals surface area contributed by atoms with E-state index in [2.05, 4.69) is 11.8 Å². The third kappa shape index (κ3) is 4.06. The second-order valence-corrected chi connectivity index (χ2v) is 5.58. The predicted octanol–water partition coefficient (Wildman–Crippen LogP) is 2.07. The minimum Gasteiger partial charge on any atom is -0.490 e. The molecule has 1 aliphatic heterocycles. The van der Waals surface area contributed by atoms with Gasteiger partial charge in [-0.15, -0.1) is 0 Å². The third-order valence-electron chi connectivity index (χ3n) is 3.30. The molecule has 1 aromatic carbocycles. The molecule has 1 aliphatic rings. The molecule has 20 heavy (non-hydrogen) atoms. The van der Waals surface area contributed by atoms with Gasteiger partial charge in [0.15, 0.2) is 0 Å². The van der Waals surface area contributed by atoms with E-state index in [9.17, 15) is 0 Å². The first-order chi connectivity index (χ1) is 9.60. The van der Waals surface area contributed by atoms with Crippen molar-refractivity contribution in [3.63, 3.8) is 0 Å². The lowest BCUT2D eigenvalue weighted by Crippen LogP contribution is -2.44. The minimum absolute atomic E-state index is 0.0573. The SMILES string of the molecule is CCN1CCOC(COc2cc(Cl)ccc2C(N)=S)C1. The molecule has 1 heterocycles. The topological polar surface area (TPSA) is 47.7 Å². The quantitative estimate of drug-likeness (QED) is 0.843. The fourth-order valence-corrected chi connectivity index (χ4v) is 2.50. The van der Waals surface area contributed by atoms with Crippen molar-refractivity contribution < 1.29 is 9.47 Å². The Bertz CT molecular complexity index is 484. The Kier molecular flexibility index (Phi) is 5.60. The summed E-state index contributed by atoms with van der Waals surface area (Å²) in [4.78, 5) is 2.64. The van der Waals surface area contributed by atoms with E-state index in [1.54, 1.807) is 18.2 Å². The van der Waals surface area contributed by atoms with Crippen LogP contribution in [0.3, 0.4) is 0 Å². The number of halogens is 1. The number of benzene rings is 1. The lowest BCUT2D eigenvalue weighted by atomic mass is 10.2.